The summed E-state index contributed by atoms with van der Waals surface area (Å²) in [5.74, 6) is 0. The maximum absolute atomic E-state index is 12.4. The van der Waals surface area contributed by atoms with E-state index >= 15 is 0 Å². The molecule has 0 unspecified atom stereocenters. The second-order valence-electron chi connectivity index (χ2n) is 4.79. The zero-order chi connectivity index (χ0) is 14.8. The van der Waals surface area contributed by atoms with Crippen LogP contribution in [0, 0.1) is 0 Å². The number of likely N-dealkylation sites (N-methyl/N-ethyl adjacent to an activating group) is 1. The van der Waals surface area contributed by atoms with Crippen LogP contribution in [-0.2, 0) is 10.0 Å². The summed E-state index contributed by atoms with van der Waals surface area (Å²) in [6.45, 7) is 2.99. The van der Waals surface area contributed by atoms with Crippen molar-refractivity contribution in [3.8, 4) is 0 Å². The molecule has 1 heterocycles. The van der Waals surface area contributed by atoms with Gasteiger partial charge in [0.1, 0.15) is 15.6 Å². The Hall–Kier alpha value is -1.09. The Morgan fingerprint density at radius 2 is 2.16 bits per heavy atom. The lowest BCUT2D eigenvalue weighted by atomic mass is 10.1. The van der Waals surface area contributed by atoms with Crippen LogP contribution in [0.25, 0.3) is 0 Å². The van der Waals surface area contributed by atoms with Gasteiger partial charge in [0.2, 0.25) is 10.0 Å². The molecule has 106 valence electrons. The van der Waals surface area contributed by atoms with Gasteiger partial charge in [-0.25, -0.2) is 8.42 Å². The summed E-state index contributed by atoms with van der Waals surface area (Å²) in [5, 5.41) is 9.70. The molecule has 0 atom stereocenters. The Bertz CT molecular complexity index is 579. The lowest BCUT2D eigenvalue weighted by Crippen LogP contribution is -2.40. The molecule has 0 saturated carbocycles. The van der Waals surface area contributed by atoms with Crippen LogP contribution < -0.4 is 5.73 Å². The fraction of sp³-hybridized carbons (Fsp3) is 0.455. The van der Waals surface area contributed by atoms with Crippen LogP contribution in [0.5, 0.6) is 0 Å². The molecular weight excluding hydrogens is 286 g/mol. The standard InChI is InChI=1S/C11H17N3O3S2/c1-11(2,15)7-14(3)19(16,17)8-5-4-6-13-9(8)10(12)18/h4-6,15H,7H2,1-3H3,(H2,12,18). The van der Waals surface area contributed by atoms with Crippen molar-refractivity contribution in [2.24, 2.45) is 5.73 Å². The van der Waals surface area contributed by atoms with Crippen LogP contribution in [-0.4, -0.2) is 47.0 Å². The van der Waals surface area contributed by atoms with Crippen molar-refractivity contribution in [2.45, 2.75) is 24.3 Å². The molecule has 0 aliphatic carbocycles. The Morgan fingerprint density at radius 1 is 1.58 bits per heavy atom. The first-order chi connectivity index (χ1) is 8.55. The highest BCUT2D eigenvalue weighted by Gasteiger charge is 2.29. The van der Waals surface area contributed by atoms with Gasteiger partial charge in [-0.1, -0.05) is 12.2 Å². The molecule has 0 radical (unpaired) electrons. The fourth-order valence-electron chi connectivity index (χ4n) is 1.58. The van der Waals surface area contributed by atoms with Crippen molar-refractivity contribution in [3.05, 3.63) is 24.0 Å². The minimum absolute atomic E-state index is 0.0546. The molecule has 6 nitrogen and oxygen atoms in total. The summed E-state index contributed by atoms with van der Waals surface area (Å²) in [5.41, 5.74) is 4.39. The second kappa shape index (κ2) is 5.49. The van der Waals surface area contributed by atoms with Gasteiger partial charge < -0.3 is 10.8 Å². The molecule has 0 bridgehead atoms. The van der Waals surface area contributed by atoms with Crippen molar-refractivity contribution >= 4 is 27.2 Å². The summed E-state index contributed by atoms with van der Waals surface area (Å²) in [4.78, 5) is 3.74. The molecule has 1 rings (SSSR count). The predicted molar refractivity (Wildman–Crippen MR) is 76.2 cm³/mol. The van der Waals surface area contributed by atoms with Gasteiger partial charge in [0.05, 0.1) is 5.60 Å². The SMILES string of the molecule is CN(CC(C)(C)O)S(=O)(=O)c1cccnc1C(N)=S. The number of hydrogen-bond acceptors (Lipinski definition) is 5. The minimum Gasteiger partial charge on any atom is -0.389 e. The summed E-state index contributed by atoms with van der Waals surface area (Å²) in [6, 6.07) is 2.88. The topological polar surface area (TPSA) is 96.5 Å². The van der Waals surface area contributed by atoms with E-state index in [0.717, 1.165) is 4.31 Å². The van der Waals surface area contributed by atoms with Crippen molar-refractivity contribution in [1.29, 1.82) is 0 Å². The number of aliphatic hydroxyl groups is 1. The molecule has 1 aromatic rings. The number of rotatable bonds is 5. The van der Waals surface area contributed by atoms with Gasteiger partial charge in [0, 0.05) is 19.8 Å². The van der Waals surface area contributed by atoms with Crippen LogP contribution in [0.3, 0.4) is 0 Å². The van der Waals surface area contributed by atoms with Crippen LogP contribution in [0.1, 0.15) is 19.5 Å². The fourth-order valence-corrected chi connectivity index (χ4v) is 3.29. The molecule has 0 aromatic carbocycles. The highest BCUT2D eigenvalue weighted by atomic mass is 32.2. The van der Waals surface area contributed by atoms with Crippen LogP contribution in [0.4, 0.5) is 0 Å². The molecule has 19 heavy (non-hydrogen) atoms. The normalized spacial score (nSPS) is 12.7. The quantitative estimate of drug-likeness (QED) is 0.749. The number of thiocarbonyl (C=S) groups is 1. The van der Waals surface area contributed by atoms with E-state index in [2.05, 4.69) is 4.98 Å². The maximum Gasteiger partial charge on any atom is 0.245 e. The van der Waals surface area contributed by atoms with Gasteiger partial charge in [-0.3, -0.25) is 4.98 Å². The Labute approximate surface area is 118 Å². The van der Waals surface area contributed by atoms with Crippen LogP contribution in [0.15, 0.2) is 23.2 Å². The van der Waals surface area contributed by atoms with E-state index in [9.17, 15) is 13.5 Å². The molecule has 3 N–H and O–H groups in total. The van der Waals surface area contributed by atoms with E-state index in [0.29, 0.717) is 0 Å². The van der Waals surface area contributed by atoms with Gasteiger partial charge >= 0.3 is 0 Å². The second-order valence-corrected chi connectivity index (χ2v) is 7.24. The van der Waals surface area contributed by atoms with Crippen molar-refractivity contribution in [1.82, 2.24) is 9.29 Å². The summed E-state index contributed by atoms with van der Waals surface area (Å²) >= 11 is 4.80. The van der Waals surface area contributed by atoms with Crippen molar-refractivity contribution < 1.29 is 13.5 Å². The summed E-state index contributed by atoms with van der Waals surface area (Å²) in [6.07, 6.45) is 1.42. The lowest BCUT2D eigenvalue weighted by molar-refractivity contribution is 0.0640. The molecule has 8 heteroatoms. The third-order valence-electron chi connectivity index (χ3n) is 2.30. The highest BCUT2D eigenvalue weighted by Crippen LogP contribution is 2.19. The van der Waals surface area contributed by atoms with E-state index in [4.69, 9.17) is 18.0 Å². The third-order valence-corrected chi connectivity index (χ3v) is 4.33. The molecule has 0 saturated heterocycles. The number of sulfonamides is 1. The summed E-state index contributed by atoms with van der Waals surface area (Å²) in [7, 11) is -2.43. The van der Waals surface area contributed by atoms with Crippen molar-refractivity contribution in [2.75, 3.05) is 13.6 Å². The first-order valence-corrected chi connectivity index (χ1v) is 7.34. The Morgan fingerprint density at radius 3 is 2.63 bits per heavy atom. The maximum atomic E-state index is 12.4. The van der Waals surface area contributed by atoms with Gasteiger partial charge in [0.15, 0.2) is 0 Å². The predicted octanol–water partition coefficient (Wildman–Crippen LogP) is 0.107. The highest BCUT2D eigenvalue weighted by molar-refractivity contribution is 7.89. The molecule has 1 aromatic heterocycles. The van der Waals surface area contributed by atoms with Crippen LogP contribution >= 0.6 is 12.2 Å². The van der Waals surface area contributed by atoms with E-state index in [1.807, 2.05) is 0 Å². The van der Waals surface area contributed by atoms with Gasteiger partial charge in [0.25, 0.3) is 0 Å². The largest absolute Gasteiger partial charge is 0.389 e. The van der Waals surface area contributed by atoms with Crippen LogP contribution in [0.2, 0.25) is 0 Å². The lowest BCUT2D eigenvalue weighted by Gasteiger charge is -2.25. The van der Waals surface area contributed by atoms with Gasteiger partial charge in [-0.2, -0.15) is 4.31 Å². The van der Waals surface area contributed by atoms with E-state index in [1.54, 1.807) is 0 Å². The number of aromatic nitrogens is 1. The average molecular weight is 303 g/mol. The minimum atomic E-state index is -3.80. The zero-order valence-corrected chi connectivity index (χ0v) is 12.6. The summed E-state index contributed by atoms with van der Waals surface area (Å²) < 4.78 is 25.8. The zero-order valence-electron chi connectivity index (χ0n) is 11.0. The first kappa shape index (κ1) is 16.0. The third kappa shape index (κ3) is 3.93. The number of hydrogen-bond donors (Lipinski definition) is 2. The number of pyridine rings is 1. The molecular formula is C11H17N3O3S2. The molecule has 0 aliphatic rings. The van der Waals surface area contributed by atoms with Gasteiger partial charge in [-0.15, -0.1) is 0 Å². The first-order valence-electron chi connectivity index (χ1n) is 5.49. The van der Waals surface area contributed by atoms with Crippen molar-refractivity contribution in [3.63, 3.8) is 0 Å². The smallest absolute Gasteiger partial charge is 0.245 e. The average Bonchev–Trinajstić information content (AvgIpc) is 2.26. The van der Waals surface area contributed by atoms with E-state index in [1.165, 1.54) is 39.2 Å². The molecule has 0 fully saturated rings. The number of nitrogens with two attached hydrogens (primary N) is 1. The molecule has 0 aliphatic heterocycles. The van der Waals surface area contributed by atoms with E-state index in [-0.39, 0.29) is 22.1 Å². The molecule has 0 amide bonds. The number of nitrogens with zero attached hydrogens (tertiary/aromatic N) is 2. The Balaban J connectivity index is 3.25. The Kier molecular flexibility index (Phi) is 4.62. The monoisotopic (exact) mass is 303 g/mol. The molecule has 0 spiro atoms. The van der Waals surface area contributed by atoms with Gasteiger partial charge in [-0.05, 0) is 26.0 Å². The van der Waals surface area contributed by atoms with E-state index < -0.39 is 15.6 Å².